The molecule has 0 aliphatic heterocycles. The van der Waals surface area contributed by atoms with Gasteiger partial charge >= 0.3 is 0 Å². The number of carbonyl (C=O) groups is 1. The molecule has 0 saturated carbocycles. The van der Waals surface area contributed by atoms with Gasteiger partial charge in [0.05, 0.1) is 4.92 Å². The lowest BCUT2D eigenvalue weighted by molar-refractivity contribution is -0.384. The molecule has 6 nitrogen and oxygen atoms in total. The molecule has 1 atom stereocenters. The van der Waals surface area contributed by atoms with Crippen LogP contribution < -0.4 is 5.32 Å². The van der Waals surface area contributed by atoms with Crippen molar-refractivity contribution in [1.82, 2.24) is 5.32 Å². The molecule has 0 fully saturated rings. The number of nitro benzene ring substituents is 1. The van der Waals surface area contributed by atoms with E-state index in [-0.39, 0.29) is 22.8 Å². The van der Waals surface area contributed by atoms with Gasteiger partial charge in [-0.1, -0.05) is 11.6 Å². The van der Waals surface area contributed by atoms with Crippen LogP contribution in [0.5, 0.6) is 0 Å². The van der Waals surface area contributed by atoms with Crippen LogP contribution in [0, 0.1) is 10.1 Å². The topological polar surface area (TPSA) is 89.3 Å². The van der Waals surface area contributed by atoms with Crippen LogP contribution in [0.25, 0.3) is 0 Å². The zero-order valence-corrected chi connectivity index (χ0v) is 11.1. The van der Waals surface area contributed by atoms with Crippen molar-refractivity contribution < 1.29 is 13.9 Å². The smallest absolute Gasteiger partial charge is 0.288 e. The first-order valence-corrected chi connectivity index (χ1v) is 7.04. The zero-order chi connectivity index (χ0) is 13.7. The van der Waals surface area contributed by atoms with Gasteiger partial charge in [-0.15, -0.1) is 0 Å². The van der Waals surface area contributed by atoms with E-state index in [9.17, 15) is 19.1 Å². The molecule has 0 heterocycles. The fourth-order valence-electron chi connectivity index (χ4n) is 1.20. The highest BCUT2D eigenvalue weighted by Crippen LogP contribution is 2.24. The summed E-state index contributed by atoms with van der Waals surface area (Å²) in [4.78, 5) is 21.6. The van der Waals surface area contributed by atoms with E-state index in [0.717, 1.165) is 6.07 Å². The van der Waals surface area contributed by atoms with Crippen LogP contribution in [0.15, 0.2) is 18.2 Å². The third-order valence-electron chi connectivity index (χ3n) is 2.08. The number of nitrogens with one attached hydrogen (secondary N) is 1. The number of halogens is 1. The first kappa shape index (κ1) is 14.6. The normalized spacial score (nSPS) is 11.9. The van der Waals surface area contributed by atoms with Crippen molar-refractivity contribution in [3.63, 3.8) is 0 Å². The Morgan fingerprint density at radius 2 is 2.22 bits per heavy atom. The average Bonchev–Trinajstić information content (AvgIpc) is 2.28. The molecule has 98 valence electrons. The number of benzene rings is 1. The van der Waals surface area contributed by atoms with E-state index in [0.29, 0.717) is 5.75 Å². The molecule has 0 aliphatic carbocycles. The van der Waals surface area contributed by atoms with Crippen molar-refractivity contribution in [2.45, 2.75) is 0 Å². The molecular formula is C10H11ClN2O4S. The quantitative estimate of drug-likeness (QED) is 0.655. The van der Waals surface area contributed by atoms with Crippen LogP contribution in [0.3, 0.4) is 0 Å². The average molecular weight is 291 g/mol. The molecule has 0 aromatic heterocycles. The molecule has 1 N–H and O–H groups in total. The summed E-state index contributed by atoms with van der Waals surface area (Å²) in [7, 11) is -0.998. The molecule has 1 unspecified atom stereocenters. The standard InChI is InChI=1S/C10H11ClN2O4S/c1-18(17)5-4-12-10(14)7-2-3-8(11)9(6-7)13(15)16/h2-3,6H,4-5H2,1H3,(H,12,14). The number of nitro groups is 1. The van der Waals surface area contributed by atoms with Crippen molar-refractivity contribution >= 4 is 34.0 Å². The predicted molar refractivity (Wildman–Crippen MR) is 69.4 cm³/mol. The summed E-state index contributed by atoms with van der Waals surface area (Å²) in [6.45, 7) is 0.248. The third-order valence-corrected chi connectivity index (χ3v) is 3.18. The van der Waals surface area contributed by atoms with Crippen molar-refractivity contribution in [2.24, 2.45) is 0 Å². The Morgan fingerprint density at radius 1 is 1.56 bits per heavy atom. The summed E-state index contributed by atoms with van der Waals surface area (Å²) in [5.41, 5.74) is -0.170. The van der Waals surface area contributed by atoms with Gasteiger partial charge in [-0.25, -0.2) is 0 Å². The maximum absolute atomic E-state index is 11.6. The van der Waals surface area contributed by atoms with Gasteiger partial charge < -0.3 is 5.32 Å². The number of amides is 1. The van der Waals surface area contributed by atoms with Crippen molar-refractivity contribution in [2.75, 3.05) is 18.6 Å². The van der Waals surface area contributed by atoms with Crippen molar-refractivity contribution in [3.8, 4) is 0 Å². The van der Waals surface area contributed by atoms with Crippen LogP contribution in [0.2, 0.25) is 5.02 Å². The summed E-state index contributed by atoms with van der Waals surface area (Å²) in [6, 6.07) is 3.81. The highest BCUT2D eigenvalue weighted by Gasteiger charge is 2.15. The Kier molecular flexibility index (Phi) is 5.24. The Labute approximate surface area is 111 Å². The van der Waals surface area contributed by atoms with Gasteiger partial charge in [-0.05, 0) is 12.1 Å². The summed E-state index contributed by atoms with van der Waals surface area (Å²) >= 11 is 5.63. The van der Waals surface area contributed by atoms with E-state index in [1.165, 1.54) is 18.4 Å². The Morgan fingerprint density at radius 3 is 2.78 bits per heavy atom. The van der Waals surface area contributed by atoms with E-state index < -0.39 is 21.6 Å². The maximum atomic E-state index is 11.6. The van der Waals surface area contributed by atoms with Gasteiger partial charge in [-0.3, -0.25) is 19.1 Å². The van der Waals surface area contributed by atoms with Crippen LogP contribution in [0.1, 0.15) is 10.4 Å². The Bertz CT molecular complexity index is 507. The number of nitrogens with zero attached hydrogens (tertiary/aromatic N) is 1. The van der Waals surface area contributed by atoms with Gasteiger partial charge in [0.15, 0.2) is 0 Å². The van der Waals surface area contributed by atoms with E-state index in [1.807, 2.05) is 0 Å². The first-order valence-electron chi connectivity index (χ1n) is 4.94. The molecule has 1 rings (SSSR count). The molecule has 1 aromatic carbocycles. The molecule has 0 spiro atoms. The lowest BCUT2D eigenvalue weighted by atomic mass is 10.2. The summed E-state index contributed by atoms with van der Waals surface area (Å²) < 4.78 is 10.8. The first-order chi connectivity index (χ1) is 8.41. The van der Waals surface area contributed by atoms with Gasteiger partial charge in [0.1, 0.15) is 5.02 Å². The predicted octanol–water partition coefficient (Wildman–Crippen LogP) is 1.36. The SMILES string of the molecule is CS(=O)CCNC(=O)c1ccc(Cl)c([N+](=O)[O-])c1. The number of rotatable bonds is 5. The number of carbonyl (C=O) groups excluding carboxylic acids is 1. The minimum Gasteiger partial charge on any atom is -0.351 e. The molecule has 8 heteroatoms. The van der Waals surface area contributed by atoms with E-state index in [1.54, 1.807) is 0 Å². The maximum Gasteiger partial charge on any atom is 0.288 e. The molecule has 18 heavy (non-hydrogen) atoms. The van der Waals surface area contributed by atoms with Crippen molar-refractivity contribution in [1.29, 1.82) is 0 Å². The molecule has 1 amide bonds. The van der Waals surface area contributed by atoms with Crippen LogP contribution in [0.4, 0.5) is 5.69 Å². The molecule has 0 saturated heterocycles. The lowest BCUT2D eigenvalue weighted by Crippen LogP contribution is -2.27. The Hall–Kier alpha value is -1.47. The monoisotopic (exact) mass is 290 g/mol. The van der Waals surface area contributed by atoms with Crippen molar-refractivity contribution in [3.05, 3.63) is 38.9 Å². The number of hydrogen-bond acceptors (Lipinski definition) is 4. The molecule has 0 aliphatic rings. The van der Waals surface area contributed by atoms with Crippen LogP contribution in [-0.4, -0.2) is 33.6 Å². The van der Waals surface area contributed by atoms with Crippen LogP contribution in [-0.2, 0) is 10.8 Å². The highest BCUT2D eigenvalue weighted by molar-refractivity contribution is 7.84. The van der Waals surface area contributed by atoms with E-state index >= 15 is 0 Å². The fourth-order valence-corrected chi connectivity index (χ4v) is 1.78. The fraction of sp³-hybridized carbons (Fsp3) is 0.300. The Balaban J connectivity index is 2.77. The van der Waals surface area contributed by atoms with E-state index in [2.05, 4.69) is 5.32 Å². The second-order valence-corrected chi connectivity index (χ2v) is 5.42. The minimum absolute atomic E-state index is 0.0220. The summed E-state index contributed by atoms with van der Waals surface area (Å²) in [5, 5.41) is 13.1. The van der Waals surface area contributed by atoms with Gasteiger partial charge in [0.2, 0.25) is 0 Å². The van der Waals surface area contributed by atoms with Crippen LogP contribution >= 0.6 is 11.6 Å². The zero-order valence-electron chi connectivity index (χ0n) is 9.51. The lowest BCUT2D eigenvalue weighted by Gasteiger charge is -2.04. The summed E-state index contributed by atoms with van der Waals surface area (Å²) in [6.07, 6.45) is 1.53. The second kappa shape index (κ2) is 6.46. The third kappa shape index (κ3) is 4.08. The van der Waals surface area contributed by atoms with Gasteiger partial charge in [0.25, 0.3) is 11.6 Å². The van der Waals surface area contributed by atoms with Gasteiger partial charge in [0, 0.05) is 41.0 Å². The van der Waals surface area contributed by atoms with Gasteiger partial charge in [-0.2, -0.15) is 0 Å². The highest BCUT2D eigenvalue weighted by atomic mass is 35.5. The molecule has 0 bridgehead atoms. The number of hydrogen-bond donors (Lipinski definition) is 1. The summed E-state index contributed by atoms with van der Waals surface area (Å²) in [5.74, 6) is -0.123. The minimum atomic E-state index is -0.998. The molecule has 0 radical (unpaired) electrons. The molecule has 1 aromatic rings. The second-order valence-electron chi connectivity index (χ2n) is 3.46. The molecular weight excluding hydrogens is 280 g/mol. The largest absolute Gasteiger partial charge is 0.351 e. The van der Waals surface area contributed by atoms with E-state index in [4.69, 9.17) is 11.6 Å².